The lowest BCUT2D eigenvalue weighted by atomic mass is 9.90. The number of benzene rings is 1. The minimum atomic E-state index is -0.832. The number of anilines is 1. The maximum Gasteiger partial charge on any atom is 0.251 e. The van der Waals surface area contributed by atoms with Gasteiger partial charge in [0.05, 0.1) is 12.4 Å². The lowest BCUT2D eigenvalue weighted by molar-refractivity contribution is -0.123. The third kappa shape index (κ3) is 3.82. The first-order valence-corrected chi connectivity index (χ1v) is 9.46. The van der Waals surface area contributed by atoms with Crippen molar-refractivity contribution in [2.24, 2.45) is 5.92 Å². The zero-order valence-corrected chi connectivity index (χ0v) is 16.2. The van der Waals surface area contributed by atoms with Crippen molar-refractivity contribution in [3.8, 4) is 11.4 Å². The molecule has 3 aromatic rings. The van der Waals surface area contributed by atoms with Crippen LogP contribution >= 0.6 is 11.6 Å². The number of H-pyrrole nitrogens is 1. The van der Waals surface area contributed by atoms with Crippen LogP contribution in [0.25, 0.3) is 11.4 Å². The lowest BCUT2D eigenvalue weighted by Crippen LogP contribution is -2.42. The number of carbonyl (C=O) groups is 1. The Morgan fingerprint density at radius 2 is 1.97 bits per heavy atom. The molecule has 0 radical (unpaired) electrons. The number of aromatic nitrogens is 5. The number of aryl methyl sites for hydroxylation is 1. The first kappa shape index (κ1) is 19.4. The van der Waals surface area contributed by atoms with E-state index in [0.717, 1.165) is 17.5 Å². The van der Waals surface area contributed by atoms with Gasteiger partial charge >= 0.3 is 0 Å². The summed E-state index contributed by atoms with van der Waals surface area (Å²) in [6.45, 7) is 2.35. The Bertz CT molecular complexity index is 1050. The molecule has 2 aromatic heterocycles. The fourth-order valence-electron chi connectivity index (χ4n) is 3.47. The van der Waals surface area contributed by atoms with E-state index in [2.05, 4.69) is 25.4 Å². The Labute approximate surface area is 170 Å². The third-order valence-corrected chi connectivity index (χ3v) is 5.34. The average Bonchev–Trinajstić information content (AvgIpc) is 3.17. The molecule has 1 saturated heterocycles. The van der Waals surface area contributed by atoms with E-state index in [1.54, 1.807) is 12.4 Å². The molecule has 0 spiro atoms. The third-order valence-electron chi connectivity index (χ3n) is 4.98. The summed E-state index contributed by atoms with van der Waals surface area (Å²) in [7, 11) is 0. The van der Waals surface area contributed by atoms with Crippen LogP contribution in [-0.2, 0) is 11.2 Å². The highest BCUT2D eigenvalue weighted by molar-refractivity contribution is 6.30. The Morgan fingerprint density at radius 1 is 1.24 bits per heavy atom. The second kappa shape index (κ2) is 7.82. The summed E-state index contributed by atoms with van der Waals surface area (Å²) in [5.41, 5.74) is 2.00. The Balaban J connectivity index is 1.54. The van der Waals surface area contributed by atoms with Crippen LogP contribution < -0.4 is 4.90 Å². The van der Waals surface area contributed by atoms with Crippen LogP contribution in [0.5, 0.6) is 0 Å². The molecule has 7 nitrogen and oxygen atoms in total. The van der Waals surface area contributed by atoms with Gasteiger partial charge in [0.25, 0.3) is 5.95 Å². The Kier molecular flexibility index (Phi) is 5.23. The Hall–Kier alpha value is -2.94. The van der Waals surface area contributed by atoms with Crippen LogP contribution in [0.3, 0.4) is 0 Å². The number of rotatable bonds is 4. The molecule has 29 heavy (non-hydrogen) atoms. The van der Waals surface area contributed by atoms with E-state index < -0.39 is 22.6 Å². The molecule has 1 amide bonds. The molecule has 150 valence electrons. The maximum atomic E-state index is 13.7. The number of piperidine rings is 1. The number of halogens is 3. The first-order chi connectivity index (χ1) is 13.9. The molecule has 1 fully saturated rings. The van der Waals surface area contributed by atoms with Crippen LogP contribution in [-0.4, -0.2) is 37.8 Å². The van der Waals surface area contributed by atoms with E-state index in [1.165, 1.54) is 17.0 Å². The molecule has 3 heterocycles. The fourth-order valence-corrected chi connectivity index (χ4v) is 3.58. The number of carbonyl (C=O) groups excluding carboxylic acids is 1. The molecule has 0 aliphatic carbocycles. The second-order valence-electron chi connectivity index (χ2n) is 6.98. The van der Waals surface area contributed by atoms with Crippen molar-refractivity contribution in [2.45, 2.75) is 26.2 Å². The summed E-state index contributed by atoms with van der Waals surface area (Å²) in [6.07, 6.45) is 4.75. The van der Waals surface area contributed by atoms with Crippen molar-refractivity contribution in [1.29, 1.82) is 0 Å². The number of hydrogen-bond donors (Lipinski definition) is 1. The first-order valence-electron chi connectivity index (χ1n) is 9.09. The second-order valence-corrected chi connectivity index (χ2v) is 7.35. The van der Waals surface area contributed by atoms with Crippen molar-refractivity contribution in [3.05, 3.63) is 52.3 Å². The smallest absolute Gasteiger partial charge is 0.251 e. The van der Waals surface area contributed by atoms with E-state index in [0.29, 0.717) is 24.4 Å². The fraction of sp³-hybridized carbons (Fsp3) is 0.316. The molecular formula is C19H17ClF2N6O. The zero-order chi connectivity index (χ0) is 20.5. The average molecular weight is 419 g/mol. The predicted octanol–water partition coefficient (Wildman–Crippen LogP) is 3.49. The van der Waals surface area contributed by atoms with Crippen LogP contribution in [0.2, 0.25) is 5.02 Å². The van der Waals surface area contributed by atoms with Crippen LogP contribution in [0.1, 0.15) is 24.0 Å². The van der Waals surface area contributed by atoms with Gasteiger partial charge in [0.2, 0.25) is 5.91 Å². The van der Waals surface area contributed by atoms with Crippen LogP contribution in [0.4, 0.5) is 14.7 Å². The summed E-state index contributed by atoms with van der Waals surface area (Å²) in [5.74, 6) is -1.51. The molecule has 10 heteroatoms. The number of hydrogen-bond acceptors (Lipinski definition) is 5. The largest absolute Gasteiger partial charge is 0.279 e. The molecule has 1 aromatic carbocycles. The minimum Gasteiger partial charge on any atom is -0.279 e. The van der Waals surface area contributed by atoms with Gasteiger partial charge in [-0.15, -0.1) is 5.10 Å². The number of nitrogens with zero attached hydrogens (tertiary/aromatic N) is 5. The summed E-state index contributed by atoms with van der Waals surface area (Å²) in [6, 6.07) is 2.34. The highest BCUT2D eigenvalue weighted by Crippen LogP contribution is 2.28. The lowest BCUT2D eigenvalue weighted by Gasteiger charge is -2.30. The van der Waals surface area contributed by atoms with Crippen molar-refractivity contribution in [3.63, 3.8) is 0 Å². The summed E-state index contributed by atoms with van der Waals surface area (Å²) < 4.78 is 27.5. The molecular weight excluding hydrogens is 402 g/mol. The van der Waals surface area contributed by atoms with E-state index in [9.17, 15) is 13.6 Å². The van der Waals surface area contributed by atoms with Gasteiger partial charge < -0.3 is 0 Å². The molecule has 0 saturated carbocycles. The zero-order valence-electron chi connectivity index (χ0n) is 15.5. The number of nitrogens with one attached hydrogen (secondary N) is 1. The highest BCUT2D eigenvalue weighted by Gasteiger charge is 2.32. The predicted molar refractivity (Wildman–Crippen MR) is 102 cm³/mol. The topological polar surface area (TPSA) is 87.7 Å². The van der Waals surface area contributed by atoms with Gasteiger partial charge in [-0.25, -0.2) is 8.78 Å². The van der Waals surface area contributed by atoms with Gasteiger partial charge in [-0.2, -0.15) is 15.2 Å². The quantitative estimate of drug-likeness (QED) is 0.655. The number of aromatic amines is 1. The van der Waals surface area contributed by atoms with Crippen molar-refractivity contribution >= 4 is 23.5 Å². The van der Waals surface area contributed by atoms with E-state index in [-0.39, 0.29) is 18.3 Å². The molecule has 1 N–H and O–H groups in total. The molecule has 0 bridgehead atoms. The van der Waals surface area contributed by atoms with Crippen molar-refractivity contribution < 1.29 is 13.6 Å². The molecule has 1 atom stereocenters. The molecule has 1 unspecified atom stereocenters. The molecule has 4 rings (SSSR count). The van der Waals surface area contributed by atoms with Gasteiger partial charge in [0.1, 0.15) is 16.7 Å². The monoisotopic (exact) mass is 418 g/mol. The van der Waals surface area contributed by atoms with Gasteiger partial charge in [0, 0.05) is 18.0 Å². The van der Waals surface area contributed by atoms with Gasteiger partial charge in [-0.1, -0.05) is 11.6 Å². The maximum absolute atomic E-state index is 13.7. The summed E-state index contributed by atoms with van der Waals surface area (Å²) in [4.78, 5) is 18.9. The van der Waals surface area contributed by atoms with Crippen molar-refractivity contribution in [2.75, 3.05) is 11.4 Å². The van der Waals surface area contributed by atoms with Gasteiger partial charge in [-0.05, 0) is 49.4 Å². The summed E-state index contributed by atoms with van der Waals surface area (Å²) in [5, 5.41) is 14.1. The highest BCUT2D eigenvalue weighted by atomic mass is 35.5. The SMILES string of the molecule is Cc1cnncc1-c1nc(N2CCCC(Cc3cc(F)c(Cl)c(F)c3)C2=O)n[nH]1. The van der Waals surface area contributed by atoms with E-state index in [1.807, 2.05) is 6.92 Å². The van der Waals surface area contributed by atoms with E-state index in [4.69, 9.17) is 11.6 Å². The van der Waals surface area contributed by atoms with Gasteiger partial charge in [0.15, 0.2) is 5.82 Å². The Morgan fingerprint density at radius 3 is 2.69 bits per heavy atom. The number of amides is 1. The van der Waals surface area contributed by atoms with Crippen LogP contribution in [0, 0.1) is 24.5 Å². The molecule has 1 aliphatic heterocycles. The standard InChI is InChI=1S/C19H17ClF2N6O/c1-10-8-23-24-9-13(10)17-25-19(27-26-17)28-4-2-3-12(18(28)29)5-11-6-14(21)16(20)15(22)7-11/h6-9,12H,2-5H2,1H3,(H,25,26,27). The normalized spacial score (nSPS) is 17.0. The molecule has 1 aliphatic rings. The minimum absolute atomic E-state index is 0.179. The van der Waals surface area contributed by atoms with Crippen LogP contribution in [0.15, 0.2) is 24.5 Å². The van der Waals surface area contributed by atoms with E-state index >= 15 is 0 Å². The summed E-state index contributed by atoms with van der Waals surface area (Å²) >= 11 is 5.53. The van der Waals surface area contributed by atoms with Gasteiger partial charge in [-0.3, -0.25) is 14.8 Å². The van der Waals surface area contributed by atoms with Crippen molar-refractivity contribution in [1.82, 2.24) is 25.4 Å².